The van der Waals surface area contributed by atoms with Gasteiger partial charge in [0.05, 0.1) is 11.9 Å². The zero-order valence-electron chi connectivity index (χ0n) is 8.98. The van der Waals surface area contributed by atoms with Gasteiger partial charge in [0.25, 0.3) is 0 Å². The second kappa shape index (κ2) is 4.24. The summed E-state index contributed by atoms with van der Waals surface area (Å²) < 4.78 is 0. The first kappa shape index (κ1) is 10.5. The smallest absolute Gasteiger partial charge is 0.113 e. The Morgan fingerprint density at radius 3 is 3.13 bits per heavy atom. The SMILES string of the molecule is CCC1CNCCC1(O)c1cnccn1. The lowest BCUT2D eigenvalue weighted by atomic mass is 9.78. The van der Waals surface area contributed by atoms with E-state index in [4.69, 9.17) is 0 Å². The van der Waals surface area contributed by atoms with Crippen molar-refractivity contribution in [1.29, 1.82) is 0 Å². The first-order valence-electron chi connectivity index (χ1n) is 5.47. The number of piperidine rings is 1. The van der Waals surface area contributed by atoms with Crippen LogP contribution in [0.15, 0.2) is 18.6 Å². The van der Waals surface area contributed by atoms with Crippen molar-refractivity contribution >= 4 is 0 Å². The summed E-state index contributed by atoms with van der Waals surface area (Å²) in [7, 11) is 0. The lowest BCUT2D eigenvalue weighted by Gasteiger charge is -2.39. The van der Waals surface area contributed by atoms with Crippen LogP contribution < -0.4 is 5.32 Å². The van der Waals surface area contributed by atoms with Crippen molar-refractivity contribution in [2.24, 2.45) is 5.92 Å². The molecule has 0 radical (unpaired) electrons. The third-order valence-electron chi connectivity index (χ3n) is 3.25. The van der Waals surface area contributed by atoms with Gasteiger partial charge in [0.15, 0.2) is 0 Å². The summed E-state index contributed by atoms with van der Waals surface area (Å²) >= 11 is 0. The molecular weight excluding hydrogens is 190 g/mol. The first-order valence-corrected chi connectivity index (χ1v) is 5.47. The summed E-state index contributed by atoms with van der Waals surface area (Å²) in [4.78, 5) is 8.26. The molecule has 0 aliphatic carbocycles. The molecule has 4 nitrogen and oxygen atoms in total. The van der Waals surface area contributed by atoms with Crippen molar-refractivity contribution in [3.63, 3.8) is 0 Å². The van der Waals surface area contributed by atoms with E-state index in [1.807, 2.05) is 0 Å². The van der Waals surface area contributed by atoms with Gasteiger partial charge >= 0.3 is 0 Å². The molecule has 1 aliphatic heterocycles. The number of rotatable bonds is 2. The molecule has 2 heterocycles. The highest BCUT2D eigenvalue weighted by atomic mass is 16.3. The van der Waals surface area contributed by atoms with E-state index < -0.39 is 5.60 Å². The molecule has 1 saturated heterocycles. The fourth-order valence-electron chi connectivity index (χ4n) is 2.27. The lowest BCUT2D eigenvalue weighted by Crippen LogP contribution is -2.48. The van der Waals surface area contributed by atoms with Crippen LogP contribution in [0, 0.1) is 5.92 Å². The Morgan fingerprint density at radius 1 is 1.60 bits per heavy atom. The van der Waals surface area contributed by atoms with Gasteiger partial charge in [0, 0.05) is 24.9 Å². The number of hydrogen-bond acceptors (Lipinski definition) is 4. The first-order chi connectivity index (χ1) is 7.27. The highest BCUT2D eigenvalue weighted by Crippen LogP contribution is 2.35. The zero-order chi connectivity index (χ0) is 10.7. The fourth-order valence-corrected chi connectivity index (χ4v) is 2.27. The van der Waals surface area contributed by atoms with E-state index >= 15 is 0 Å². The summed E-state index contributed by atoms with van der Waals surface area (Å²) in [5.74, 6) is 0.225. The number of aliphatic hydroxyl groups is 1. The average Bonchev–Trinajstić information content (AvgIpc) is 2.31. The van der Waals surface area contributed by atoms with Crippen LogP contribution in [0.1, 0.15) is 25.5 Å². The number of nitrogens with one attached hydrogen (secondary N) is 1. The molecule has 82 valence electrons. The average molecular weight is 207 g/mol. The Morgan fingerprint density at radius 2 is 2.47 bits per heavy atom. The molecule has 1 aromatic heterocycles. The van der Waals surface area contributed by atoms with E-state index in [0.717, 1.165) is 19.5 Å². The number of aromatic nitrogens is 2. The molecule has 4 heteroatoms. The van der Waals surface area contributed by atoms with Crippen LogP contribution in [0.4, 0.5) is 0 Å². The zero-order valence-corrected chi connectivity index (χ0v) is 8.98. The van der Waals surface area contributed by atoms with E-state index in [0.29, 0.717) is 12.1 Å². The van der Waals surface area contributed by atoms with E-state index in [1.165, 1.54) is 0 Å². The van der Waals surface area contributed by atoms with Gasteiger partial charge in [0.2, 0.25) is 0 Å². The third-order valence-corrected chi connectivity index (χ3v) is 3.25. The van der Waals surface area contributed by atoms with Crippen LogP contribution in [0.5, 0.6) is 0 Å². The van der Waals surface area contributed by atoms with Crippen molar-refractivity contribution in [2.75, 3.05) is 13.1 Å². The maximum atomic E-state index is 10.7. The van der Waals surface area contributed by atoms with Crippen molar-refractivity contribution in [3.8, 4) is 0 Å². The van der Waals surface area contributed by atoms with E-state index in [1.54, 1.807) is 18.6 Å². The summed E-state index contributed by atoms with van der Waals surface area (Å²) in [5.41, 5.74) is -0.0906. The fraction of sp³-hybridized carbons (Fsp3) is 0.636. The van der Waals surface area contributed by atoms with Crippen LogP contribution in [0.2, 0.25) is 0 Å². The topological polar surface area (TPSA) is 58.0 Å². The van der Waals surface area contributed by atoms with Gasteiger partial charge in [-0.3, -0.25) is 9.97 Å². The quantitative estimate of drug-likeness (QED) is 0.749. The van der Waals surface area contributed by atoms with Crippen molar-refractivity contribution in [1.82, 2.24) is 15.3 Å². The van der Waals surface area contributed by atoms with E-state index in [-0.39, 0.29) is 5.92 Å². The Kier molecular flexibility index (Phi) is 2.98. The van der Waals surface area contributed by atoms with Crippen LogP contribution >= 0.6 is 0 Å². The van der Waals surface area contributed by atoms with Gasteiger partial charge in [-0.25, -0.2) is 0 Å². The van der Waals surface area contributed by atoms with Gasteiger partial charge in [-0.15, -0.1) is 0 Å². The molecule has 0 spiro atoms. The molecule has 0 bridgehead atoms. The Labute approximate surface area is 89.8 Å². The van der Waals surface area contributed by atoms with E-state index in [9.17, 15) is 5.11 Å². The van der Waals surface area contributed by atoms with E-state index in [2.05, 4.69) is 22.2 Å². The molecule has 2 atom stereocenters. The molecule has 0 aromatic carbocycles. The van der Waals surface area contributed by atoms with Crippen molar-refractivity contribution in [3.05, 3.63) is 24.3 Å². The largest absolute Gasteiger partial charge is 0.383 e. The van der Waals surface area contributed by atoms with Crippen LogP contribution in [0.25, 0.3) is 0 Å². The molecule has 1 aliphatic rings. The van der Waals surface area contributed by atoms with Crippen LogP contribution in [-0.4, -0.2) is 28.2 Å². The summed E-state index contributed by atoms with van der Waals surface area (Å²) in [6.07, 6.45) is 6.61. The lowest BCUT2D eigenvalue weighted by molar-refractivity contribution is -0.0517. The second-order valence-corrected chi connectivity index (χ2v) is 4.07. The number of hydrogen-bond donors (Lipinski definition) is 2. The second-order valence-electron chi connectivity index (χ2n) is 4.07. The molecule has 15 heavy (non-hydrogen) atoms. The van der Waals surface area contributed by atoms with Crippen LogP contribution in [-0.2, 0) is 5.60 Å². The summed E-state index contributed by atoms with van der Waals surface area (Å²) in [6.45, 7) is 3.78. The Bertz CT molecular complexity index is 317. The van der Waals surface area contributed by atoms with Crippen LogP contribution in [0.3, 0.4) is 0 Å². The van der Waals surface area contributed by atoms with Gasteiger partial charge in [-0.2, -0.15) is 0 Å². The monoisotopic (exact) mass is 207 g/mol. The minimum atomic E-state index is -0.797. The predicted molar refractivity (Wildman–Crippen MR) is 57.2 cm³/mol. The van der Waals surface area contributed by atoms with Gasteiger partial charge in [-0.05, 0) is 19.4 Å². The highest BCUT2D eigenvalue weighted by molar-refractivity contribution is 5.12. The molecule has 2 unspecified atom stereocenters. The Balaban J connectivity index is 2.30. The number of nitrogens with zero attached hydrogens (tertiary/aromatic N) is 2. The maximum absolute atomic E-state index is 10.7. The molecule has 1 fully saturated rings. The van der Waals surface area contributed by atoms with Crippen molar-refractivity contribution < 1.29 is 5.11 Å². The maximum Gasteiger partial charge on any atom is 0.113 e. The third kappa shape index (κ3) is 1.87. The van der Waals surface area contributed by atoms with Gasteiger partial charge < -0.3 is 10.4 Å². The predicted octanol–water partition coefficient (Wildman–Crippen LogP) is 0.684. The Hall–Kier alpha value is -1.00. The molecule has 2 N–H and O–H groups in total. The normalized spacial score (nSPS) is 31.5. The van der Waals surface area contributed by atoms with Gasteiger partial charge in [0.1, 0.15) is 5.60 Å². The summed E-state index contributed by atoms with van der Waals surface area (Å²) in [6, 6.07) is 0. The van der Waals surface area contributed by atoms with Gasteiger partial charge in [-0.1, -0.05) is 6.92 Å². The molecular formula is C11H17N3O. The highest BCUT2D eigenvalue weighted by Gasteiger charge is 2.40. The minimum absolute atomic E-state index is 0.225. The minimum Gasteiger partial charge on any atom is -0.383 e. The molecule has 2 rings (SSSR count). The molecule has 0 amide bonds. The molecule has 1 aromatic rings. The summed E-state index contributed by atoms with van der Waals surface area (Å²) in [5, 5.41) is 14.0. The standard InChI is InChI=1S/C11H17N3O/c1-2-9-7-12-4-3-11(9,15)10-8-13-5-6-14-10/h5-6,8-9,12,15H,2-4,7H2,1H3. The van der Waals surface area contributed by atoms with Crippen molar-refractivity contribution in [2.45, 2.75) is 25.4 Å². The molecule has 0 saturated carbocycles.